The van der Waals surface area contributed by atoms with E-state index in [1.54, 1.807) is 36.4 Å². The summed E-state index contributed by atoms with van der Waals surface area (Å²) in [4.78, 5) is 24.3. The molecule has 0 bridgehead atoms. The van der Waals surface area contributed by atoms with Gasteiger partial charge in [-0.2, -0.15) is 28.1 Å². The maximum atomic E-state index is 12.8. The summed E-state index contributed by atoms with van der Waals surface area (Å²) >= 11 is 6.00. The van der Waals surface area contributed by atoms with E-state index in [1.165, 1.54) is 7.11 Å². The molecule has 14 heteroatoms. The van der Waals surface area contributed by atoms with Gasteiger partial charge in [0.15, 0.2) is 6.61 Å². The number of rotatable bonds is 12. The number of carbonyl (C=O) groups excluding carboxylic acids is 1. The number of alkyl halides is 3. The van der Waals surface area contributed by atoms with Gasteiger partial charge in [-0.05, 0) is 67.8 Å². The standard InChI is InChI=1S/C25H27ClF3N7O3/c1-38-20(37)19(10-13-30)31-17-6-8-18(9-7-17)32-21-33-22(35-23(34-21)39-14-25(27,28)29)36-24(11-12-24)15-2-4-16(26)5-3-15/h2-9,19,31H,10-14,30H2,1H3,(H2,32,33,34,35,36)/t19-/m0/s1. The highest BCUT2D eigenvalue weighted by molar-refractivity contribution is 6.30. The molecule has 0 radical (unpaired) electrons. The Morgan fingerprint density at radius 3 is 2.28 bits per heavy atom. The number of ether oxygens (including phenoxy) is 2. The molecule has 1 fully saturated rings. The summed E-state index contributed by atoms with van der Waals surface area (Å²) in [5.74, 6) is -0.405. The van der Waals surface area contributed by atoms with E-state index in [2.05, 4.69) is 30.9 Å². The molecular formula is C25H27ClF3N7O3. The topological polar surface area (TPSA) is 136 Å². The van der Waals surface area contributed by atoms with Gasteiger partial charge >= 0.3 is 18.2 Å². The third-order valence-corrected chi connectivity index (χ3v) is 6.15. The monoisotopic (exact) mass is 565 g/mol. The van der Waals surface area contributed by atoms with Crippen molar-refractivity contribution >= 4 is 40.8 Å². The molecule has 208 valence electrons. The highest BCUT2D eigenvalue weighted by Crippen LogP contribution is 2.48. The molecule has 0 saturated heterocycles. The zero-order valence-corrected chi connectivity index (χ0v) is 21.6. The maximum absolute atomic E-state index is 12.8. The highest BCUT2D eigenvalue weighted by Gasteiger charge is 2.45. The second kappa shape index (κ2) is 11.9. The van der Waals surface area contributed by atoms with Crippen molar-refractivity contribution in [2.45, 2.75) is 37.0 Å². The predicted octanol–water partition coefficient (Wildman–Crippen LogP) is 4.61. The van der Waals surface area contributed by atoms with Gasteiger partial charge < -0.3 is 31.2 Å². The minimum Gasteiger partial charge on any atom is -0.467 e. The van der Waals surface area contributed by atoms with Crippen LogP contribution in [0.1, 0.15) is 24.8 Å². The Morgan fingerprint density at radius 2 is 1.69 bits per heavy atom. The van der Waals surface area contributed by atoms with Crippen molar-refractivity contribution in [3.63, 3.8) is 0 Å². The fourth-order valence-corrected chi connectivity index (χ4v) is 3.94. The Bertz CT molecular complexity index is 1270. The molecule has 0 aliphatic heterocycles. The van der Waals surface area contributed by atoms with Crippen LogP contribution < -0.4 is 26.4 Å². The van der Waals surface area contributed by atoms with E-state index in [0.29, 0.717) is 29.4 Å². The van der Waals surface area contributed by atoms with Crippen molar-refractivity contribution in [2.24, 2.45) is 5.73 Å². The van der Waals surface area contributed by atoms with Crippen LogP contribution in [0, 0.1) is 0 Å². The third kappa shape index (κ3) is 7.83. The summed E-state index contributed by atoms with van der Waals surface area (Å²) in [7, 11) is 1.30. The average molecular weight is 566 g/mol. The summed E-state index contributed by atoms with van der Waals surface area (Å²) in [6.07, 6.45) is -2.64. The lowest BCUT2D eigenvalue weighted by Gasteiger charge is -2.19. The first-order valence-corrected chi connectivity index (χ1v) is 12.4. The second-order valence-corrected chi connectivity index (χ2v) is 9.32. The van der Waals surface area contributed by atoms with Gasteiger partial charge in [0, 0.05) is 16.4 Å². The molecule has 1 aliphatic rings. The lowest BCUT2D eigenvalue weighted by molar-refractivity contribution is -0.154. The lowest BCUT2D eigenvalue weighted by Crippen LogP contribution is -2.32. The van der Waals surface area contributed by atoms with Crippen LogP contribution in [0.5, 0.6) is 6.01 Å². The summed E-state index contributed by atoms with van der Waals surface area (Å²) in [5, 5.41) is 9.81. The van der Waals surface area contributed by atoms with Crippen LogP contribution >= 0.6 is 11.6 Å². The number of hydrogen-bond donors (Lipinski definition) is 4. The van der Waals surface area contributed by atoms with Crippen LogP contribution in [-0.4, -0.2) is 53.4 Å². The Morgan fingerprint density at radius 1 is 1.05 bits per heavy atom. The molecular weight excluding hydrogens is 539 g/mol. The zero-order valence-electron chi connectivity index (χ0n) is 20.9. The van der Waals surface area contributed by atoms with Crippen molar-refractivity contribution in [1.29, 1.82) is 0 Å². The van der Waals surface area contributed by atoms with Crippen LogP contribution in [0.3, 0.4) is 0 Å². The summed E-state index contributed by atoms with van der Waals surface area (Å²) < 4.78 is 48.0. The molecule has 0 spiro atoms. The molecule has 4 rings (SSSR count). The molecule has 1 aromatic heterocycles. The Hall–Kier alpha value is -3.84. The second-order valence-electron chi connectivity index (χ2n) is 8.88. The average Bonchev–Trinajstić information content (AvgIpc) is 3.68. The van der Waals surface area contributed by atoms with Crippen LogP contribution in [0.2, 0.25) is 5.02 Å². The van der Waals surface area contributed by atoms with Gasteiger partial charge in [-0.25, -0.2) is 4.79 Å². The van der Waals surface area contributed by atoms with Gasteiger partial charge in [0.25, 0.3) is 0 Å². The van der Waals surface area contributed by atoms with Gasteiger partial charge in [0.05, 0.1) is 12.6 Å². The van der Waals surface area contributed by atoms with Crippen molar-refractivity contribution in [3.8, 4) is 6.01 Å². The van der Waals surface area contributed by atoms with Crippen molar-refractivity contribution < 1.29 is 27.4 Å². The number of benzene rings is 2. The van der Waals surface area contributed by atoms with Gasteiger partial charge in [0.2, 0.25) is 11.9 Å². The van der Waals surface area contributed by atoms with Gasteiger partial charge in [0.1, 0.15) is 6.04 Å². The fraction of sp³-hybridized carbons (Fsp3) is 0.360. The van der Waals surface area contributed by atoms with E-state index in [-0.39, 0.29) is 11.9 Å². The normalized spacial score (nSPS) is 14.7. The molecule has 10 nitrogen and oxygen atoms in total. The van der Waals surface area contributed by atoms with E-state index in [9.17, 15) is 18.0 Å². The number of carbonyl (C=O) groups is 1. The molecule has 0 unspecified atom stereocenters. The quantitative estimate of drug-likeness (QED) is 0.230. The van der Waals surface area contributed by atoms with E-state index >= 15 is 0 Å². The molecule has 1 atom stereocenters. The minimum absolute atomic E-state index is 0.0205. The van der Waals surface area contributed by atoms with Crippen molar-refractivity contribution in [2.75, 3.05) is 36.2 Å². The Labute approximate surface area is 227 Å². The van der Waals surface area contributed by atoms with Crippen molar-refractivity contribution in [1.82, 2.24) is 15.0 Å². The predicted molar refractivity (Wildman–Crippen MR) is 140 cm³/mol. The molecule has 39 heavy (non-hydrogen) atoms. The summed E-state index contributed by atoms with van der Waals surface area (Å²) in [5.41, 5.74) is 7.22. The first-order valence-electron chi connectivity index (χ1n) is 12.0. The van der Waals surface area contributed by atoms with Gasteiger partial charge in [-0.15, -0.1) is 0 Å². The number of aromatic nitrogens is 3. The number of nitrogens with two attached hydrogens (primary N) is 1. The van der Waals surface area contributed by atoms with Crippen LogP contribution in [0.15, 0.2) is 48.5 Å². The van der Waals surface area contributed by atoms with Gasteiger partial charge in [-0.3, -0.25) is 0 Å². The lowest BCUT2D eigenvalue weighted by atomic mass is 10.1. The minimum atomic E-state index is -4.57. The van der Waals surface area contributed by atoms with Crippen molar-refractivity contribution in [3.05, 3.63) is 59.1 Å². The third-order valence-electron chi connectivity index (χ3n) is 5.90. The molecule has 5 N–H and O–H groups in total. The van der Waals surface area contributed by atoms with Gasteiger partial charge in [-0.1, -0.05) is 23.7 Å². The molecule has 3 aromatic rings. The largest absolute Gasteiger partial charge is 0.467 e. The van der Waals surface area contributed by atoms with Crippen LogP contribution in [0.4, 0.5) is 36.4 Å². The first-order chi connectivity index (χ1) is 18.6. The summed E-state index contributed by atoms with van der Waals surface area (Å²) in [6.45, 7) is -1.26. The number of nitrogens with one attached hydrogen (secondary N) is 3. The molecule has 1 heterocycles. The Balaban J connectivity index is 1.53. The zero-order chi connectivity index (χ0) is 28.0. The van der Waals surface area contributed by atoms with E-state index in [0.717, 1.165) is 18.4 Å². The van der Waals surface area contributed by atoms with E-state index < -0.39 is 36.3 Å². The SMILES string of the molecule is COC(=O)[C@H](CCN)Nc1ccc(Nc2nc(NC3(c4ccc(Cl)cc4)CC3)nc(OCC(F)(F)F)n2)cc1. The molecule has 0 amide bonds. The molecule has 1 saturated carbocycles. The van der Waals surface area contributed by atoms with E-state index in [1.807, 2.05) is 12.1 Å². The number of hydrogen-bond acceptors (Lipinski definition) is 10. The van der Waals surface area contributed by atoms with E-state index in [4.69, 9.17) is 26.8 Å². The smallest absolute Gasteiger partial charge is 0.422 e. The number of methoxy groups -OCH3 is 1. The number of anilines is 4. The number of halogens is 4. The van der Waals surface area contributed by atoms with Crippen LogP contribution in [-0.2, 0) is 15.1 Å². The number of nitrogens with zero attached hydrogens (tertiary/aromatic N) is 3. The summed E-state index contributed by atoms with van der Waals surface area (Å²) in [6, 6.07) is 12.9. The first kappa shape index (κ1) is 28.2. The van der Waals surface area contributed by atoms with Crippen LogP contribution in [0.25, 0.3) is 0 Å². The molecule has 1 aliphatic carbocycles. The highest BCUT2D eigenvalue weighted by atomic mass is 35.5. The maximum Gasteiger partial charge on any atom is 0.422 e. The Kier molecular flexibility index (Phi) is 8.60. The molecule has 2 aromatic carbocycles. The fourth-order valence-electron chi connectivity index (χ4n) is 3.81. The number of esters is 1.